The van der Waals surface area contributed by atoms with E-state index in [-0.39, 0.29) is 11.6 Å². The first-order valence-electron chi connectivity index (χ1n) is 9.39. The minimum absolute atomic E-state index is 0.117. The standard InChI is InChI=1S/C18H35N3O2/c1-4-16(2)6-5-10-19-17(22)21-11-7-18(20(3)12-13-21)8-14-23-15-9-18/h16H,4-15H2,1-3H3,(H,19,22). The molecule has 2 fully saturated rings. The summed E-state index contributed by atoms with van der Waals surface area (Å²) in [5.41, 5.74) is 0.240. The summed E-state index contributed by atoms with van der Waals surface area (Å²) in [6.45, 7) is 9.66. The molecule has 2 aliphatic rings. The highest BCUT2D eigenvalue weighted by atomic mass is 16.5. The third-order valence-corrected chi connectivity index (χ3v) is 5.92. The first-order chi connectivity index (χ1) is 11.1. The molecule has 1 unspecified atom stereocenters. The molecular weight excluding hydrogens is 290 g/mol. The lowest BCUT2D eigenvalue weighted by Gasteiger charge is -2.43. The average Bonchev–Trinajstić information content (AvgIpc) is 2.72. The van der Waals surface area contributed by atoms with E-state index in [1.165, 1.54) is 12.8 Å². The highest BCUT2D eigenvalue weighted by Gasteiger charge is 2.38. The SMILES string of the molecule is CCC(C)CCCNC(=O)N1CCN(C)C2(CCOCC2)CC1. The van der Waals surface area contributed by atoms with Crippen molar-refractivity contribution in [3.63, 3.8) is 0 Å². The first kappa shape index (κ1) is 18.5. The van der Waals surface area contributed by atoms with Gasteiger partial charge in [-0.3, -0.25) is 4.90 Å². The van der Waals surface area contributed by atoms with E-state index in [1.807, 2.05) is 4.90 Å². The second kappa shape index (κ2) is 8.88. The van der Waals surface area contributed by atoms with Crippen molar-refractivity contribution in [2.45, 2.75) is 57.9 Å². The van der Waals surface area contributed by atoms with E-state index in [9.17, 15) is 4.79 Å². The number of urea groups is 1. The molecule has 0 radical (unpaired) electrons. The van der Waals surface area contributed by atoms with Gasteiger partial charge in [0, 0.05) is 44.9 Å². The zero-order chi connectivity index (χ0) is 16.7. The third kappa shape index (κ3) is 5.08. The minimum Gasteiger partial charge on any atom is -0.381 e. The number of carbonyl (C=O) groups is 1. The second-order valence-electron chi connectivity index (χ2n) is 7.38. The number of rotatable bonds is 5. The van der Waals surface area contributed by atoms with Crippen LogP contribution in [0.1, 0.15) is 52.4 Å². The van der Waals surface area contributed by atoms with Crippen LogP contribution in [0.25, 0.3) is 0 Å². The van der Waals surface area contributed by atoms with Crippen LogP contribution in [-0.2, 0) is 4.74 Å². The van der Waals surface area contributed by atoms with Crippen molar-refractivity contribution < 1.29 is 9.53 Å². The fourth-order valence-corrected chi connectivity index (χ4v) is 3.70. The Hall–Kier alpha value is -0.810. The molecule has 0 aromatic heterocycles. The largest absolute Gasteiger partial charge is 0.381 e. The number of likely N-dealkylation sites (N-methyl/N-ethyl adjacent to an activating group) is 1. The first-order valence-corrected chi connectivity index (χ1v) is 9.39. The fraction of sp³-hybridized carbons (Fsp3) is 0.944. The van der Waals surface area contributed by atoms with Crippen LogP contribution < -0.4 is 5.32 Å². The number of ether oxygens (including phenoxy) is 1. The molecule has 23 heavy (non-hydrogen) atoms. The number of hydrogen-bond donors (Lipinski definition) is 1. The highest BCUT2D eigenvalue weighted by molar-refractivity contribution is 5.74. The summed E-state index contributed by atoms with van der Waals surface area (Å²) in [7, 11) is 2.21. The zero-order valence-electron chi connectivity index (χ0n) is 15.3. The molecule has 0 saturated carbocycles. The van der Waals surface area contributed by atoms with E-state index in [2.05, 4.69) is 31.1 Å². The smallest absolute Gasteiger partial charge is 0.317 e. The third-order valence-electron chi connectivity index (χ3n) is 5.92. The van der Waals surface area contributed by atoms with Crippen LogP contribution in [0.5, 0.6) is 0 Å². The molecule has 134 valence electrons. The number of hydrogen-bond acceptors (Lipinski definition) is 3. The van der Waals surface area contributed by atoms with E-state index in [0.717, 1.165) is 71.0 Å². The minimum atomic E-state index is 0.117. The Morgan fingerprint density at radius 3 is 2.65 bits per heavy atom. The molecule has 0 aromatic rings. The molecule has 2 aliphatic heterocycles. The lowest BCUT2D eigenvalue weighted by Crippen LogP contribution is -2.50. The normalized spacial score (nSPS) is 23.5. The van der Waals surface area contributed by atoms with Gasteiger partial charge in [-0.15, -0.1) is 0 Å². The molecule has 5 nitrogen and oxygen atoms in total. The van der Waals surface area contributed by atoms with E-state index < -0.39 is 0 Å². The Morgan fingerprint density at radius 2 is 1.96 bits per heavy atom. The molecule has 0 aliphatic carbocycles. The molecule has 5 heteroatoms. The van der Waals surface area contributed by atoms with E-state index >= 15 is 0 Å². The summed E-state index contributed by atoms with van der Waals surface area (Å²) in [6, 6.07) is 0.117. The second-order valence-corrected chi connectivity index (χ2v) is 7.38. The number of nitrogens with zero attached hydrogens (tertiary/aromatic N) is 2. The summed E-state index contributed by atoms with van der Waals surface area (Å²) >= 11 is 0. The van der Waals surface area contributed by atoms with Gasteiger partial charge < -0.3 is 15.0 Å². The molecule has 2 saturated heterocycles. The molecule has 2 amide bonds. The van der Waals surface area contributed by atoms with Gasteiger partial charge in [-0.2, -0.15) is 0 Å². The summed E-state index contributed by atoms with van der Waals surface area (Å²) in [5, 5.41) is 3.11. The van der Waals surface area contributed by atoms with Crippen LogP contribution in [0.2, 0.25) is 0 Å². The van der Waals surface area contributed by atoms with Crippen LogP contribution in [0.4, 0.5) is 4.79 Å². The zero-order valence-corrected chi connectivity index (χ0v) is 15.3. The molecular formula is C18H35N3O2. The molecule has 1 atom stereocenters. The number of nitrogens with one attached hydrogen (secondary N) is 1. The van der Waals surface area contributed by atoms with Gasteiger partial charge in [-0.05, 0) is 45.1 Å². The monoisotopic (exact) mass is 325 g/mol. The van der Waals surface area contributed by atoms with Gasteiger partial charge in [0.15, 0.2) is 0 Å². The predicted octanol–water partition coefficient (Wildman–Crippen LogP) is 2.71. The Morgan fingerprint density at radius 1 is 1.22 bits per heavy atom. The van der Waals surface area contributed by atoms with Crippen molar-refractivity contribution >= 4 is 6.03 Å². The van der Waals surface area contributed by atoms with Crippen LogP contribution in [0.3, 0.4) is 0 Å². The van der Waals surface area contributed by atoms with Crippen LogP contribution in [0.15, 0.2) is 0 Å². The fourth-order valence-electron chi connectivity index (χ4n) is 3.70. The van der Waals surface area contributed by atoms with Gasteiger partial charge >= 0.3 is 6.03 Å². The number of carbonyl (C=O) groups excluding carboxylic acids is 1. The summed E-state index contributed by atoms with van der Waals surface area (Å²) in [6.07, 6.45) is 6.74. The van der Waals surface area contributed by atoms with Crippen LogP contribution in [-0.4, -0.2) is 67.8 Å². The van der Waals surface area contributed by atoms with Gasteiger partial charge in [0.05, 0.1) is 0 Å². The maximum Gasteiger partial charge on any atom is 0.317 e. The summed E-state index contributed by atoms with van der Waals surface area (Å²) < 4.78 is 5.53. The van der Waals surface area contributed by atoms with Gasteiger partial charge in [0.1, 0.15) is 0 Å². The molecule has 0 bridgehead atoms. The lowest BCUT2D eigenvalue weighted by molar-refractivity contribution is -0.0158. The van der Waals surface area contributed by atoms with Crippen molar-refractivity contribution in [1.29, 1.82) is 0 Å². The topological polar surface area (TPSA) is 44.8 Å². The van der Waals surface area contributed by atoms with Crippen molar-refractivity contribution in [3.05, 3.63) is 0 Å². The highest BCUT2D eigenvalue weighted by Crippen LogP contribution is 2.32. The van der Waals surface area contributed by atoms with Crippen molar-refractivity contribution in [2.75, 3.05) is 46.4 Å². The van der Waals surface area contributed by atoms with E-state index in [0.29, 0.717) is 0 Å². The van der Waals surface area contributed by atoms with Gasteiger partial charge in [-0.25, -0.2) is 4.79 Å². The Kier molecular flexibility index (Phi) is 7.15. The number of amides is 2. The summed E-state index contributed by atoms with van der Waals surface area (Å²) in [4.78, 5) is 16.9. The van der Waals surface area contributed by atoms with Gasteiger partial charge in [0.25, 0.3) is 0 Å². The molecule has 2 rings (SSSR count). The van der Waals surface area contributed by atoms with Gasteiger partial charge in [-0.1, -0.05) is 20.3 Å². The predicted molar refractivity (Wildman–Crippen MR) is 93.7 cm³/mol. The lowest BCUT2D eigenvalue weighted by atomic mass is 9.85. The van der Waals surface area contributed by atoms with E-state index in [1.54, 1.807) is 0 Å². The van der Waals surface area contributed by atoms with Crippen LogP contribution >= 0.6 is 0 Å². The van der Waals surface area contributed by atoms with Crippen molar-refractivity contribution in [2.24, 2.45) is 5.92 Å². The Bertz CT molecular complexity index is 369. The van der Waals surface area contributed by atoms with Crippen molar-refractivity contribution in [1.82, 2.24) is 15.1 Å². The Labute approximate surface area is 141 Å². The van der Waals surface area contributed by atoms with Crippen molar-refractivity contribution in [3.8, 4) is 0 Å². The molecule has 1 N–H and O–H groups in total. The van der Waals surface area contributed by atoms with E-state index in [4.69, 9.17) is 4.74 Å². The average molecular weight is 325 g/mol. The molecule has 1 spiro atoms. The molecule has 0 aromatic carbocycles. The quantitative estimate of drug-likeness (QED) is 0.791. The summed E-state index contributed by atoms with van der Waals surface area (Å²) in [5.74, 6) is 0.757. The van der Waals surface area contributed by atoms with Crippen LogP contribution in [0, 0.1) is 5.92 Å². The molecule has 2 heterocycles. The Balaban J connectivity index is 1.77. The maximum absolute atomic E-state index is 12.4. The van der Waals surface area contributed by atoms with Gasteiger partial charge in [0.2, 0.25) is 0 Å². The maximum atomic E-state index is 12.4.